The predicted molar refractivity (Wildman–Crippen MR) is 208 cm³/mol. The van der Waals surface area contributed by atoms with Gasteiger partial charge < -0.3 is 29.8 Å². The van der Waals surface area contributed by atoms with Gasteiger partial charge in [0.25, 0.3) is 0 Å². The Morgan fingerprint density at radius 3 is 2.27 bits per heavy atom. The molecule has 5 aromatic rings. The molecule has 55 heavy (non-hydrogen) atoms. The normalized spacial score (nSPS) is 19.3. The number of ether oxygens (including phenoxy) is 2. The minimum Gasteiger partial charge on any atom is -0.392 e. The van der Waals surface area contributed by atoms with E-state index in [9.17, 15) is 19.5 Å². The van der Waals surface area contributed by atoms with Crippen molar-refractivity contribution in [2.75, 3.05) is 19.6 Å². The van der Waals surface area contributed by atoms with Crippen LogP contribution in [0.2, 0.25) is 0 Å². The quantitative estimate of drug-likeness (QED) is 0.0522. The van der Waals surface area contributed by atoms with Crippen LogP contribution in [0.1, 0.15) is 85.6 Å². The van der Waals surface area contributed by atoms with Crippen LogP contribution in [0.3, 0.4) is 0 Å². The summed E-state index contributed by atoms with van der Waals surface area (Å²) in [5.74, 6) is -0.535. The van der Waals surface area contributed by atoms with Crippen LogP contribution in [0.5, 0.6) is 0 Å². The monoisotopic (exact) mass is 747 g/mol. The van der Waals surface area contributed by atoms with Crippen molar-refractivity contribution >= 4 is 22.8 Å². The Morgan fingerprint density at radius 2 is 1.53 bits per heavy atom. The number of nitrogens with one attached hydrogen (secondary N) is 3. The topological polar surface area (TPSA) is 158 Å². The van der Waals surface area contributed by atoms with Gasteiger partial charge in [0, 0.05) is 57.0 Å². The minimum atomic E-state index is -0.572. The van der Waals surface area contributed by atoms with Crippen LogP contribution >= 0.6 is 0 Å². The van der Waals surface area contributed by atoms with Gasteiger partial charge in [-0.1, -0.05) is 78.9 Å². The number of benzene rings is 4. The van der Waals surface area contributed by atoms with E-state index in [1.165, 1.54) is 0 Å². The zero-order valence-corrected chi connectivity index (χ0v) is 30.9. The molecule has 12 nitrogen and oxygen atoms in total. The van der Waals surface area contributed by atoms with E-state index in [0.29, 0.717) is 32.2 Å². The number of piperidine rings is 1. The number of aromatic nitrogens is 2. The number of aliphatic hydroxyl groups is 1. The fourth-order valence-corrected chi connectivity index (χ4v) is 7.73. The highest BCUT2D eigenvalue weighted by atomic mass is 16.7. The molecule has 7 rings (SSSR count). The Kier molecular flexibility index (Phi) is 12.5. The van der Waals surface area contributed by atoms with E-state index in [-0.39, 0.29) is 42.9 Å². The largest absolute Gasteiger partial charge is 0.392 e. The standard InChI is InChI=1S/C43H49N5O7/c49-28-29-12-14-32(15-13-29)39-25-36(27-47-22-20-35(21-23-47)48-38-9-2-1-8-37(38)45-43(48)52)54-42(55-39)33-18-16-31(17-19-33)34-7-5-6-30(24-34)26-44-40(50)10-3-4-11-41(51)46-53/h1-2,5-9,12-19,24,35-36,39,42,49,53H,3-4,10-11,20-23,25-28H2,(H,44,50)(H,45,52)(H,46,51)/t36-,39+,42+/m0/s1. The summed E-state index contributed by atoms with van der Waals surface area (Å²) in [4.78, 5) is 41.8. The predicted octanol–water partition coefficient (Wildman–Crippen LogP) is 6.05. The molecule has 2 amide bonds. The smallest absolute Gasteiger partial charge is 0.326 e. The first kappa shape index (κ1) is 38.2. The molecule has 2 aliphatic heterocycles. The fraction of sp³-hybridized carbons (Fsp3) is 0.372. The number of aliphatic hydroxyl groups excluding tert-OH is 1. The molecule has 0 radical (unpaired) electrons. The van der Waals surface area contributed by atoms with Crippen molar-refractivity contribution in [1.29, 1.82) is 0 Å². The Morgan fingerprint density at radius 1 is 0.800 bits per heavy atom. The maximum atomic E-state index is 12.9. The number of amides is 2. The summed E-state index contributed by atoms with van der Waals surface area (Å²) in [6.07, 6.45) is 3.19. The number of imidazole rings is 1. The van der Waals surface area contributed by atoms with Crippen molar-refractivity contribution in [3.05, 3.63) is 130 Å². The Labute approximate surface area is 320 Å². The molecule has 0 aliphatic carbocycles. The van der Waals surface area contributed by atoms with E-state index >= 15 is 0 Å². The van der Waals surface area contributed by atoms with Gasteiger partial charge in [-0.05, 0) is 71.7 Å². The highest BCUT2D eigenvalue weighted by molar-refractivity contribution is 5.77. The van der Waals surface area contributed by atoms with Crippen LogP contribution in [0.4, 0.5) is 0 Å². The van der Waals surface area contributed by atoms with Crippen molar-refractivity contribution in [1.82, 2.24) is 25.2 Å². The third-order valence-electron chi connectivity index (χ3n) is 10.7. The molecule has 3 atom stereocenters. The number of aromatic amines is 1. The lowest BCUT2D eigenvalue weighted by atomic mass is 9.98. The van der Waals surface area contributed by atoms with E-state index in [1.54, 1.807) is 5.48 Å². The van der Waals surface area contributed by atoms with E-state index in [1.807, 2.05) is 83.4 Å². The maximum Gasteiger partial charge on any atom is 0.326 e. The first-order valence-corrected chi connectivity index (χ1v) is 19.2. The van der Waals surface area contributed by atoms with Crippen LogP contribution in [0, 0.1) is 0 Å². The van der Waals surface area contributed by atoms with E-state index < -0.39 is 12.2 Å². The Balaban J connectivity index is 0.992. The van der Waals surface area contributed by atoms with Gasteiger partial charge >= 0.3 is 5.69 Å². The van der Waals surface area contributed by atoms with Crippen molar-refractivity contribution in [2.24, 2.45) is 0 Å². The van der Waals surface area contributed by atoms with E-state index in [0.717, 1.165) is 76.9 Å². The summed E-state index contributed by atoms with van der Waals surface area (Å²) in [6, 6.07) is 32.2. The third kappa shape index (κ3) is 9.59. The molecule has 0 spiro atoms. The molecule has 0 unspecified atom stereocenters. The van der Waals surface area contributed by atoms with Gasteiger partial charge in [-0.2, -0.15) is 0 Å². The Hall–Kier alpha value is -5.11. The number of H-pyrrole nitrogens is 1. The molecule has 2 saturated heterocycles. The van der Waals surface area contributed by atoms with Gasteiger partial charge in [-0.25, -0.2) is 10.3 Å². The maximum absolute atomic E-state index is 12.9. The van der Waals surface area contributed by atoms with Crippen LogP contribution in [-0.2, 0) is 32.2 Å². The van der Waals surface area contributed by atoms with Gasteiger partial charge in [0.2, 0.25) is 11.8 Å². The van der Waals surface area contributed by atoms with Gasteiger partial charge in [0.15, 0.2) is 6.29 Å². The zero-order chi connectivity index (χ0) is 38.1. The van der Waals surface area contributed by atoms with Crippen LogP contribution in [-0.4, -0.2) is 62.3 Å². The molecule has 2 fully saturated rings. The lowest BCUT2D eigenvalue weighted by molar-refractivity contribution is -0.253. The number of nitrogens with zero attached hydrogens (tertiary/aromatic N) is 2. The third-order valence-corrected chi connectivity index (χ3v) is 10.7. The van der Waals surface area contributed by atoms with E-state index in [4.69, 9.17) is 14.7 Å². The number of likely N-dealkylation sites (tertiary alicyclic amines) is 1. The molecule has 3 heterocycles. The molecule has 0 saturated carbocycles. The number of carbonyl (C=O) groups excluding carboxylic acids is 2. The molecule has 5 N–H and O–H groups in total. The van der Waals surface area contributed by atoms with Crippen LogP contribution in [0.25, 0.3) is 22.2 Å². The van der Waals surface area contributed by atoms with Gasteiger partial charge in [0.1, 0.15) is 0 Å². The second kappa shape index (κ2) is 18.0. The first-order chi connectivity index (χ1) is 26.9. The number of fused-ring (bicyclic) bond motifs is 1. The molecule has 12 heteroatoms. The highest BCUT2D eigenvalue weighted by Crippen LogP contribution is 2.39. The number of hydrogen-bond donors (Lipinski definition) is 5. The number of para-hydroxylation sites is 2. The van der Waals surface area contributed by atoms with Crippen LogP contribution in [0.15, 0.2) is 102 Å². The summed E-state index contributed by atoms with van der Waals surface area (Å²) in [7, 11) is 0. The second-order valence-electron chi connectivity index (χ2n) is 14.5. The molecular formula is C43H49N5O7. The number of rotatable bonds is 14. The lowest BCUT2D eigenvalue weighted by Crippen LogP contribution is -2.43. The SMILES string of the molecule is O=C(CCCCC(=O)NCc1cccc(-c2ccc([C@@H]3O[C@H](CN4CCC(n5c(=O)[nH]c6ccccc65)CC4)C[C@H](c4ccc(CO)cc4)O3)cc2)c1)NO. The van der Waals surface area contributed by atoms with Crippen molar-refractivity contribution in [2.45, 2.75) is 82.6 Å². The number of carbonyl (C=O) groups is 2. The number of hydroxylamine groups is 1. The summed E-state index contributed by atoms with van der Waals surface area (Å²) in [5.41, 5.74) is 9.22. The summed E-state index contributed by atoms with van der Waals surface area (Å²) < 4.78 is 15.2. The minimum absolute atomic E-state index is 0.0142. The molecule has 2 aliphatic rings. The second-order valence-corrected chi connectivity index (χ2v) is 14.5. The molecule has 0 bridgehead atoms. The lowest BCUT2D eigenvalue weighted by Gasteiger charge is -2.40. The highest BCUT2D eigenvalue weighted by Gasteiger charge is 2.34. The van der Waals surface area contributed by atoms with Gasteiger partial charge in [-0.3, -0.25) is 19.4 Å². The molecule has 4 aromatic carbocycles. The average molecular weight is 748 g/mol. The first-order valence-electron chi connectivity index (χ1n) is 19.2. The number of unbranched alkanes of at least 4 members (excludes halogenated alkanes) is 1. The molecule has 1 aromatic heterocycles. The summed E-state index contributed by atoms with van der Waals surface area (Å²) in [6.45, 7) is 2.86. The zero-order valence-electron chi connectivity index (χ0n) is 30.9. The number of hydrogen-bond acceptors (Lipinski definition) is 8. The van der Waals surface area contributed by atoms with Crippen molar-refractivity contribution in [3.8, 4) is 11.1 Å². The Bertz CT molecular complexity index is 2100. The molecular weight excluding hydrogens is 699 g/mol. The molecule has 288 valence electrons. The van der Waals surface area contributed by atoms with Crippen molar-refractivity contribution in [3.63, 3.8) is 0 Å². The van der Waals surface area contributed by atoms with Crippen molar-refractivity contribution < 1.29 is 29.4 Å². The van der Waals surface area contributed by atoms with Gasteiger partial charge in [-0.15, -0.1) is 0 Å². The fourth-order valence-electron chi connectivity index (χ4n) is 7.73. The average Bonchev–Trinajstić information content (AvgIpc) is 3.57. The summed E-state index contributed by atoms with van der Waals surface area (Å²) in [5, 5.41) is 21.2. The van der Waals surface area contributed by atoms with E-state index in [2.05, 4.69) is 33.4 Å². The summed E-state index contributed by atoms with van der Waals surface area (Å²) >= 11 is 0. The van der Waals surface area contributed by atoms with Gasteiger partial charge in [0.05, 0.1) is 29.8 Å². The van der Waals surface area contributed by atoms with Crippen LogP contribution < -0.4 is 16.5 Å².